The molecule has 0 heterocycles. The van der Waals surface area contributed by atoms with Gasteiger partial charge in [-0.25, -0.2) is 0 Å². The van der Waals surface area contributed by atoms with Gasteiger partial charge in [0, 0.05) is 18.4 Å². The molecule has 0 saturated carbocycles. The highest BCUT2D eigenvalue weighted by molar-refractivity contribution is 5.69. The second kappa shape index (κ2) is 14.4. The van der Waals surface area contributed by atoms with Crippen LogP contribution in [0.25, 0.3) is 0 Å². The van der Waals surface area contributed by atoms with Gasteiger partial charge in [0.1, 0.15) is 6.10 Å². The van der Waals surface area contributed by atoms with Crippen molar-refractivity contribution in [3.05, 3.63) is 60.2 Å². The standard InChI is InChI=1S/C23H26O4/c1-2-27-23(26)19-11-18-22(25)16-9-4-3-8-15-21(24)17-10-14-20-12-6-5-7-13-20/h3-8,12-13,15,21-22,24-25H,2,11,17-19H2,1H3/b4-3+,15-8+. The number of carbonyl (C=O) groups is 1. The third-order valence-corrected chi connectivity index (χ3v) is 3.36. The van der Waals surface area contributed by atoms with E-state index >= 15 is 0 Å². The van der Waals surface area contributed by atoms with Gasteiger partial charge in [0.25, 0.3) is 0 Å². The monoisotopic (exact) mass is 366 g/mol. The Bertz CT molecular complexity index is 726. The molecule has 1 aromatic carbocycles. The Morgan fingerprint density at radius 3 is 2.74 bits per heavy atom. The van der Waals surface area contributed by atoms with Crippen molar-refractivity contribution in [2.24, 2.45) is 0 Å². The maximum Gasteiger partial charge on any atom is 0.305 e. The SMILES string of the molecule is CCOC(=O)CCCC(O)C#C/C=C/C=C/C(O)CC#Cc1ccccc1. The van der Waals surface area contributed by atoms with Crippen molar-refractivity contribution in [3.8, 4) is 23.7 Å². The van der Waals surface area contributed by atoms with Gasteiger partial charge in [-0.1, -0.05) is 60.1 Å². The summed E-state index contributed by atoms with van der Waals surface area (Å²) in [6.07, 6.45) is 6.78. The van der Waals surface area contributed by atoms with E-state index in [2.05, 4.69) is 23.7 Å². The number of hydrogen-bond acceptors (Lipinski definition) is 4. The summed E-state index contributed by atoms with van der Waals surface area (Å²) in [6, 6.07) is 9.61. The number of ether oxygens (including phenoxy) is 1. The Labute approximate surface area is 161 Å². The fraction of sp³-hybridized carbons (Fsp3) is 0.348. The van der Waals surface area contributed by atoms with Crippen LogP contribution in [0.5, 0.6) is 0 Å². The van der Waals surface area contributed by atoms with Crippen molar-refractivity contribution in [2.45, 2.75) is 44.8 Å². The fourth-order valence-electron chi connectivity index (χ4n) is 2.03. The summed E-state index contributed by atoms with van der Waals surface area (Å²) in [7, 11) is 0. The van der Waals surface area contributed by atoms with Crippen LogP contribution in [0.4, 0.5) is 0 Å². The summed E-state index contributed by atoms with van der Waals surface area (Å²) in [6.45, 7) is 2.13. The van der Waals surface area contributed by atoms with E-state index in [1.807, 2.05) is 30.3 Å². The summed E-state index contributed by atoms with van der Waals surface area (Å²) >= 11 is 0. The van der Waals surface area contributed by atoms with Gasteiger partial charge in [0.05, 0.1) is 12.7 Å². The van der Waals surface area contributed by atoms with E-state index in [9.17, 15) is 15.0 Å². The van der Waals surface area contributed by atoms with Crippen LogP contribution in [-0.2, 0) is 9.53 Å². The molecule has 1 rings (SSSR count). The minimum absolute atomic E-state index is 0.255. The van der Waals surface area contributed by atoms with Crippen molar-refractivity contribution in [1.29, 1.82) is 0 Å². The second-order valence-electron chi connectivity index (χ2n) is 5.69. The predicted octanol–water partition coefficient (Wildman–Crippen LogP) is 3.00. The molecule has 0 aliphatic carbocycles. The highest BCUT2D eigenvalue weighted by atomic mass is 16.5. The molecule has 0 aliphatic heterocycles. The third-order valence-electron chi connectivity index (χ3n) is 3.36. The number of aliphatic hydroxyl groups is 2. The highest BCUT2D eigenvalue weighted by Gasteiger charge is 2.04. The van der Waals surface area contributed by atoms with E-state index in [1.54, 1.807) is 31.2 Å². The number of aliphatic hydroxyl groups excluding tert-OH is 2. The normalized spacial score (nSPS) is 12.7. The van der Waals surface area contributed by atoms with Gasteiger partial charge in [0.2, 0.25) is 0 Å². The van der Waals surface area contributed by atoms with Gasteiger partial charge < -0.3 is 14.9 Å². The van der Waals surface area contributed by atoms with Gasteiger partial charge in [-0.3, -0.25) is 4.79 Å². The summed E-state index contributed by atoms with van der Waals surface area (Å²) in [4.78, 5) is 11.2. The first-order chi connectivity index (χ1) is 13.1. The average molecular weight is 366 g/mol. The number of benzene rings is 1. The summed E-state index contributed by atoms with van der Waals surface area (Å²) < 4.78 is 4.81. The molecule has 0 spiro atoms. The molecule has 27 heavy (non-hydrogen) atoms. The number of carbonyl (C=O) groups excluding carboxylic acids is 1. The Hall–Kier alpha value is -2.79. The maximum absolute atomic E-state index is 11.2. The van der Waals surface area contributed by atoms with Crippen molar-refractivity contribution in [1.82, 2.24) is 0 Å². The molecule has 4 heteroatoms. The smallest absolute Gasteiger partial charge is 0.305 e. The molecule has 0 radical (unpaired) electrons. The number of allylic oxidation sites excluding steroid dienone is 3. The van der Waals surface area contributed by atoms with Gasteiger partial charge in [-0.15, -0.1) is 0 Å². The Kier molecular flexibility index (Phi) is 11.9. The second-order valence-corrected chi connectivity index (χ2v) is 5.69. The lowest BCUT2D eigenvalue weighted by Gasteiger charge is -2.03. The summed E-state index contributed by atoms with van der Waals surface area (Å²) in [5.74, 6) is 11.1. The first-order valence-electron chi connectivity index (χ1n) is 9.02. The molecule has 0 aliphatic rings. The van der Waals surface area contributed by atoms with Crippen molar-refractivity contribution in [2.75, 3.05) is 6.61 Å². The van der Waals surface area contributed by atoms with Crippen LogP contribution in [0.3, 0.4) is 0 Å². The zero-order chi connectivity index (χ0) is 19.7. The van der Waals surface area contributed by atoms with E-state index < -0.39 is 12.2 Å². The van der Waals surface area contributed by atoms with Crippen molar-refractivity contribution < 1.29 is 19.7 Å². The van der Waals surface area contributed by atoms with E-state index in [4.69, 9.17) is 4.74 Å². The molecule has 0 amide bonds. The lowest BCUT2D eigenvalue weighted by atomic mass is 10.1. The van der Waals surface area contributed by atoms with Crippen LogP contribution in [-0.4, -0.2) is 35.0 Å². The zero-order valence-corrected chi connectivity index (χ0v) is 15.6. The van der Waals surface area contributed by atoms with E-state index in [0.717, 1.165) is 5.56 Å². The van der Waals surface area contributed by atoms with Crippen LogP contribution in [0.1, 0.15) is 38.2 Å². The van der Waals surface area contributed by atoms with Crippen molar-refractivity contribution in [3.63, 3.8) is 0 Å². The van der Waals surface area contributed by atoms with Gasteiger partial charge >= 0.3 is 5.97 Å². The molecule has 0 saturated heterocycles. The van der Waals surface area contributed by atoms with Gasteiger partial charge in [0.15, 0.2) is 0 Å². The Morgan fingerprint density at radius 1 is 1.22 bits per heavy atom. The number of rotatable bonds is 8. The minimum atomic E-state index is -0.771. The Balaban J connectivity index is 2.24. The molecule has 0 bridgehead atoms. The molecule has 0 fully saturated rings. The Morgan fingerprint density at radius 2 is 2.00 bits per heavy atom. The topological polar surface area (TPSA) is 66.8 Å². The van der Waals surface area contributed by atoms with E-state index in [-0.39, 0.29) is 12.4 Å². The molecule has 0 aromatic heterocycles. The quantitative estimate of drug-likeness (QED) is 0.422. The van der Waals surface area contributed by atoms with E-state index in [0.29, 0.717) is 25.9 Å². The average Bonchev–Trinajstić information content (AvgIpc) is 2.65. The molecule has 1 aromatic rings. The van der Waals surface area contributed by atoms with Crippen LogP contribution in [0.2, 0.25) is 0 Å². The molecule has 4 nitrogen and oxygen atoms in total. The van der Waals surface area contributed by atoms with Crippen LogP contribution in [0.15, 0.2) is 54.6 Å². The van der Waals surface area contributed by atoms with Crippen LogP contribution in [0, 0.1) is 23.7 Å². The molecule has 2 atom stereocenters. The maximum atomic E-state index is 11.2. The third kappa shape index (κ3) is 12.2. The van der Waals surface area contributed by atoms with Gasteiger partial charge in [-0.05, 0) is 38.0 Å². The summed E-state index contributed by atoms with van der Waals surface area (Å²) in [5, 5.41) is 19.5. The first-order valence-corrected chi connectivity index (χ1v) is 9.02. The lowest BCUT2D eigenvalue weighted by Crippen LogP contribution is -2.07. The highest BCUT2D eigenvalue weighted by Crippen LogP contribution is 2.02. The molecular formula is C23H26O4. The largest absolute Gasteiger partial charge is 0.466 e. The zero-order valence-electron chi connectivity index (χ0n) is 15.6. The predicted molar refractivity (Wildman–Crippen MR) is 106 cm³/mol. The fourth-order valence-corrected chi connectivity index (χ4v) is 2.03. The molecule has 2 unspecified atom stereocenters. The van der Waals surface area contributed by atoms with Crippen LogP contribution >= 0.6 is 0 Å². The first kappa shape index (κ1) is 22.3. The summed E-state index contributed by atoms with van der Waals surface area (Å²) in [5.41, 5.74) is 0.921. The molecular weight excluding hydrogens is 340 g/mol. The van der Waals surface area contributed by atoms with E-state index in [1.165, 1.54) is 0 Å². The van der Waals surface area contributed by atoms with Crippen molar-refractivity contribution >= 4 is 5.97 Å². The number of esters is 1. The molecule has 2 N–H and O–H groups in total. The lowest BCUT2D eigenvalue weighted by molar-refractivity contribution is -0.143. The molecule has 142 valence electrons. The van der Waals surface area contributed by atoms with Gasteiger partial charge in [-0.2, -0.15) is 0 Å². The minimum Gasteiger partial charge on any atom is -0.466 e. The van der Waals surface area contributed by atoms with Crippen LogP contribution < -0.4 is 0 Å². The number of hydrogen-bond donors (Lipinski definition) is 2.